The van der Waals surface area contributed by atoms with Crippen LogP contribution in [0.4, 0.5) is 4.79 Å². The molecule has 5 nitrogen and oxygen atoms in total. The van der Waals surface area contributed by atoms with Crippen molar-refractivity contribution in [1.82, 2.24) is 20.4 Å². The third kappa shape index (κ3) is 4.93. The molecule has 0 aliphatic carbocycles. The van der Waals surface area contributed by atoms with Crippen LogP contribution in [0.2, 0.25) is 10.0 Å². The van der Waals surface area contributed by atoms with Crippen LogP contribution in [0.3, 0.4) is 0 Å². The average molecular weight is 341 g/mol. The first kappa shape index (κ1) is 16.6. The van der Waals surface area contributed by atoms with E-state index in [0.717, 1.165) is 18.5 Å². The molecule has 1 unspecified atom stereocenters. The van der Waals surface area contributed by atoms with Crippen LogP contribution in [0.15, 0.2) is 36.7 Å². The van der Waals surface area contributed by atoms with E-state index in [2.05, 4.69) is 15.7 Å². The average Bonchev–Trinajstić information content (AvgIpc) is 2.96. The van der Waals surface area contributed by atoms with Gasteiger partial charge in [0, 0.05) is 35.5 Å². The van der Waals surface area contributed by atoms with Crippen LogP contribution in [0.5, 0.6) is 0 Å². The van der Waals surface area contributed by atoms with Gasteiger partial charge in [-0.15, -0.1) is 0 Å². The molecule has 1 aromatic carbocycles. The topological polar surface area (TPSA) is 59.0 Å². The fraction of sp³-hybridized carbons (Fsp3) is 0.333. The summed E-state index contributed by atoms with van der Waals surface area (Å²) in [6.07, 6.45) is 4.44. The summed E-state index contributed by atoms with van der Waals surface area (Å²) in [6.45, 7) is 3.22. The number of rotatable bonds is 6. The highest BCUT2D eigenvalue weighted by Gasteiger charge is 2.12. The second-order valence-corrected chi connectivity index (χ2v) is 5.75. The van der Waals surface area contributed by atoms with Crippen molar-refractivity contribution in [3.8, 4) is 0 Å². The summed E-state index contributed by atoms with van der Waals surface area (Å²) in [5.41, 5.74) is 0.831. The quantitative estimate of drug-likeness (QED) is 0.788. The number of benzene rings is 1. The molecule has 0 bridgehead atoms. The molecule has 0 fully saturated rings. The van der Waals surface area contributed by atoms with Crippen molar-refractivity contribution < 1.29 is 4.79 Å². The molecule has 0 saturated heterocycles. The molecular formula is C15H18Cl2N4O. The number of carbonyl (C=O) groups excluding carboxylic acids is 1. The minimum Gasteiger partial charge on any atom is -0.338 e. The SMILES string of the molecule is CC(NC(=O)NCCCn1cccn1)c1ccc(Cl)cc1Cl. The van der Waals surface area contributed by atoms with Crippen molar-refractivity contribution in [3.05, 3.63) is 52.3 Å². The highest BCUT2D eigenvalue weighted by atomic mass is 35.5. The Hall–Kier alpha value is -1.72. The Morgan fingerprint density at radius 3 is 2.91 bits per heavy atom. The molecule has 22 heavy (non-hydrogen) atoms. The standard InChI is InChI=1S/C15H18Cl2N4O/c1-11(13-5-4-12(16)10-14(13)17)20-15(22)18-6-2-8-21-9-3-7-19-21/h3-5,7,9-11H,2,6,8H2,1H3,(H2,18,20,22). The first-order valence-corrected chi connectivity index (χ1v) is 7.78. The fourth-order valence-electron chi connectivity index (χ4n) is 2.05. The summed E-state index contributed by atoms with van der Waals surface area (Å²) in [5.74, 6) is 0. The van der Waals surface area contributed by atoms with Gasteiger partial charge < -0.3 is 10.6 Å². The molecule has 0 spiro atoms. The number of aromatic nitrogens is 2. The van der Waals surface area contributed by atoms with Crippen molar-refractivity contribution in [3.63, 3.8) is 0 Å². The largest absolute Gasteiger partial charge is 0.338 e. The maximum Gasteiger partial charge on any atom is 0.315 e. The van der Waals surface area contributed by atoms with Crippen LogP contribution in [-0.4, -0.2) is 22.4 Å². The highest BCUT2D eigenvalue weighted by Crippen LogP contribution is 2.25. The van der Waals surface area contributed by atoms with Gasteiger partial charge in [-0.05, 0) is 37.1 Å². The number of amides is 2. The highest BCUT2D eigenvalue weighted by molar-refractivity contribution is 6.35. The van der Waals surface area contributed by atoms with Crippen LogP contribution in [0.25, 0.3) is 0 Å². The molecule has 1 aromatic heterocycles. The molecular weight excluding hydrogens is 323 g/mol. The molecule has 0 radical (unpaired) electrons. The summed E-state index contributed by atoms with van der Waals surface area (Å²) in [6, 6.07) is 6.68. The molecule has 118 valence electrons. The third-order valence-corrected chi connectivity index (χ3v) is 3.75. The van der Waals surface area contributed by atoms with E-state index in [-0.39, 0.29) is 12.1 Å². The van der Waals surface area contributed by atoms with E-state index in [1.807, 2.05) is 29.9 Å². The van der Waals surface area contributed by atoms with Crippen molar-refractivity contribution >= 4 is 29.2 Å². The number of carbonyl (C=O) groups is 1. The molecule has 0 saturated carbocycles. The van der Waals surface area contributed by atoms with Gasteiger partial charge in [0.1, 0.15) is 0 Å². The van der Waals surface area contributed by atoms with E-state index >= 15 is 0 Å². The fourth-order valence-corrected chi connectivity index (χ4v) is 2.63. The van der Waals surface area contributed by atoms with Crippen LogP contribution in [-0.2, 0) is 6.54 Å². The van der Waals surface area contributed by atoms with E-state index in [9.17, 15) is 4.79 Å². The van der Waals surface area contributed by atoms with Crippen molar-refractivity contribution in [1.29, 1.82) is 0 Å². The zero-order chi connectivity index (χ0) is 15.9. The Balaban J connectivity index is 1.74. The van der Waals surface area contributed by atoms with Crippen LogP contribution >= 0.6 is 23.2 Å². The number of urea groups is 1. The molecule has 0 aliphatic rings. The van der Waals surface area contributed by atoms with Gasteiger partial charge in [-0.1, -0.05) is 29.3 Å². The minimum absolute atomic E-state index is 0.198. The van der Waals surface area contributed by atoms with Gasteiger partial charge in [0.25, 0.3) is 0 Å². The predicted molar refractivity (Wildman–Crippen MR) is 88.3 cm³/mol. The molecule has 2 amide bonds. The molecule has 2 N–H and O–H groups in total. The number of nitrogens with one attached hydrogen (secondary N) is 2. The van der Waals surface area contributed by atoms with Gasteiger partial charge in [0.2, 0.25) is 0 Å². The molecule has 1 heterocycles. The van der Waals surface area contributed by atoms with Crippen molar-refractivity contribution in [2.75, 3.05) is 6.54 Å². The monoisotopic (exact) mass is 340 g/mol. The Kier molecular flexibility index (Phi) is 6.10. The van der Waals surface area contributed by atoms with Gasteiger partial charge in [-0.25, -0.2) is 4.79 Å². The zero-order valence-corrected chi connectivity index (χ0v) is 13.7. The number of halogens is 2. The first-order valence-electron chi connectivity index (χ1n) is 7.03. The van der Waals surface area contributed by atoms with E-state index in [1.165, 1.54) is 0 Å². The molecule has 7 heteroatoms. The summed E-state index contributed by atoms with van der Waals surface area (Å²) in [5, 5.41) is 10.9. The van der Waals surface area contributed by atoms with Crippen LogP contribution in [0, 0.1) is 0 Å². The van der Waals surface area contributed by atoms with Gasteiger partial charge in [0.15, 0.2) is 0 Å². The number of hydrogen-bond acceptors (Lipinski definition) is 2. The Morgan fingerprint density at radius 1 is 1.41 bits per heavy atom. The lowest BCUT2D eigenvalue weighted by molar-refractivity contribution is 0.237. The Morgan fingerprint density at radius 2 is 2.23 bits per heavy atom. The number of hydrogen-bond donors (Lipinski definition) is 2. The molecule has 0 aliphatic heterocycles. The Labute approximate surface area is 139 Å². The smallest absolute Gasteiger partial charge is 0.315 e. The van der Waals surface area contributed by atoms with Crippen LogP contribution < -0.4 is 10.6 Å². The van der Waals surface area contributed by atoms with Crippen molar-refractivity contribution in [2.45, 2.75) is 25.9 Å². The van der Waals surface area contributed by atoms with Gasteiger partial charge in [-0.2, -0.15) is 5.10 Å². The Bertz CT molecular complexity index is 616. The van der Waals surface area contributed by atoms with Gasteiger partial charge >= 0.3 is 6.03 Å². The van der Waals surface area contributed by atoms with Crippen molar-refractivity contribution in [2.24, 2.45) is 0 Å². The zero-order valence-electron chi connectivity index (χ0n) is 12.2. The molecule has 2 aromatic rings. The minimum atomic E-state index is -0.223. The first-order chi connectivity index (χ1) is 10.6. The maximum atomic E-state index is 11.9. The molecule has 1 atom stereocenters. The number of aryl methyl sites for hydroxylation is 1. The summed E-state index contributed by atoms with van der Waals surface area (Å²) in [7, 11) is 0. The number of nitrogens with zero attached hydrogens (tertiary/aromatic N) is 2. The summed E-state index contributed by atoms with van der Waals surface area (Å²) in [4.78, 5) is 11.9. The van der Waals surface area contributed by atoms with Gasteiger partial charge in [-0.3, -0.25) is 4.68 Å². The van der Waals surface area contributed by atoms with E-state index < -0.39 is 0 Å². The lowest BCUT2D eigenvalue weighted by Crippen LogP contribution is -2.37. The van der Waals surface area contributed by atoms with Crippen LogP contribution in [0.1, 0.15) is 24.9 Å². The van der Waals surface area contributed by atoms with E-state index in [0.29, 0.717) is 16.6 Å². The second-order valence-electron chi connectivity index (χ2n) is 4.91. The van der Waals surface area contributed by atoms with E-state index in [1.54, 1.807) is 18.3 Å². The summed E-state index contributed by atoms with van der Waals surface area (Å²) >= 11 is 12.0. The van der Waals surface area contributed by atoms with Gasteiger partial charge in [0.05, 0.1) is 6.04 Å². The third-order valence-electron chi connectivity index (χ3n) is 3.19. The lowest BCUT2D eigenvalue weighted by Gasteiger charge is -2.16. The summed E-state index contributed by atoms with van der Waals surface area (Å²) < 4.78 is 1.83. The van der Waals surface area contributed by atoms with E-state index in [4.69, 9.17) is 23.2 Å². The lowest BCUT2D eigenvalue weighted by atomic mass is 10.1. The second kappa shape index (κ2) is 8.06. The maximum absolute atomic E-state index is 11.9. The predicted octanol–water partition coefficient (Wildman–Crippen LogP) is 3.64. The normalized spacial score (nSPS) is 12.0. The molecule has 2 rings (SSSR count).